The van der Waals surface area contributed by atoms with Crippen molar-refractivity contribution >= 4 is 11.8 Å². The third kappa shape index (κ3) is 3.38. The van der Waals surface area contributed by atoms with Crippen molar-refractivity contribution in [2.45, 2.75) is 55.7 Å². The highest BCUT2D eigenvalue weighted by Gasteiger charge is 2.31. The van der Waals surface area contributed by atoms with Crippen molar-refractivity contribution in [2.24, 2.45) is 0 Å². The summed E-state index contributed by atoms with van der Waals surface area (Å²) >= 11 is 2.09. The Balaban J connectivity index is 1.77. The van der Waals surface area contributed by atoms with E-state index in [4.69, 9.17) is 4.74 Å². The van der Waals surface area contributed by atoms with Crippen LogP contribution in [0.15, 0.2) is 0 Å². The van der Waals surface area contributed by atoms with Crippen molar-refractivity contribution in [3.63, 3.8) is 0 Å². The lowest BCUT2D eigenvalue weighted by Gasteiger charge is -2.37. The van der Waals surface area contributed by atoms with Gasteiger partial charge in [-0.1, -0.05) is 19.3 Å². The Kier molecular flexibility index (Phi) is 4.98. The van der Waals surface area contributed by atoms with Crippen LogP contribution in [0.25, 0.3) is 0 Å². The van der Waals surface area contributed by atoms with Crippen molar-refractivity contribution in [1.29, 1.82) is 0 Å². The molecule has 1 aliphatic carbocycles. The predicted octanol–water partition coefficient (Wildman–Crippen LogP) is 2.82. The van der Waals surface area contributed by atoms with E-state index in [2.05, 4.69) is 23.3 Å². The maximum atomic E-state index is 5.40. The first-order valence-corrected chi connectivity index (χ1v) is 7.93. The summed E-state index contributed by atoms with van der Waals surface area (Å²) in [4.78, 5) is 0. The Morgan fingerprint density at radius 2 is 1.88 bits per heavy atom. The minimum absolute atomic E-state index is 0.538. The molecule has 1 saturated heterocycles. The summed E-state index contributed by atoms with van der Waals surface area (Å²) in [6, 6.07) is 0.708. The van der Waals surface area contributed by atoms with E-state index in [0.29, 0.717) is 10.8 Å². The standard InChI is InChI=1S/C13H25NOS/c1-16-13(7-3-2-4-8-13)11-14-12-5-9-15-10-6-12/h12,14H,2-11H2,1H3. The van der Waals surface area contributed by atoms with Gasteiger partial charge in [0.15, 0.2) is 0 Å². The largest absolute Gasteiger partial charge is 0.381 e. The first kappa shape index (κ1) is 12.7. The van der Waals surface area contributed by atoms with Gasteiger partial charge in [-0.2, -0.15) is 11.8 Å². The van der Waals surface area contributed by atoms with Gasteiger partial charge >= 0.3 is 0 Å². The first-order valence-electron chi connectivity index (χ1n) is 6.71. The molecule has 0 atom stereocenters. The van der Waals surface area contributed by atoms with E-state index in [-0.39, 0.29) is 0 Å². The number of hydrogen-bond acceptors (Lipinski definition) is 3. The summed E-state index contributed by atoms with van der Waals surface area (Å²) < 4.78 is 5.94. The fourth-order valence-electron chi connectivity index (χ4n) is 2.88. The molecule has 1 heterocycles. The fourth-order valence-corrected chi connectivity index (χ4v) is 3.81. The van der Waals surface area contributed by atoms with E-state index < -0.39 is 0 Å². The lowest BCUT2D eigenvalue weighted by molar-refractivity contribution is 0.0769. The molecule has 0 unspecified atom stereocenters. The average Bonchev–Trinajstić information content (AvgIpc) is 2.39. The summed E-state index contributed by atoms with van der Waals surface area (Å²) in [5.74, 6) is 0. The zero-order valence-corrected chi connectivity index (χ0v) is 11.3. The molecule has 0 aromatic rings. The Morgan fingerprint density at radius 3 is 2.50 bits per heavy atom. The Bertz CT molecular complexity index is 198. The second-order valence-corrected chi connectivity index (χ2v) is 6.49. The van der Waals surface area contributed by atoms with Gasteiger partial charge in [-0.25, -0.2) is 0 Å². The van der Waals surface area contributed by atoms with Crippen LogP contribution >= 0.6 is 11.8 Å². The third-order valence-corrected chi connectivity index (χ3v) is 5.55. The second-order valence-electron chi connectivity index (χ2n) is 5.22. The molecular weight excluding hydrogens is 218 g/mol. The SMILES string of the molecule is CSC1(CNC2CCOCC2)CCCCC1. The Morgan fingerprint density at radius 1 is 1.19 bits per heavy atom. The van der Waals surface area contributed by atoms with Gasteiger partial charge < -0.3 is 10.1 Å². The number of ether oxygens (including phenoxy) is 1. The van der Waals surface area contributed by atoms with E-state index in [0.717, 1.165) is 13.2 Å². The van der Waals surface area contributed by atoms with Gasteiger partial charge in [-0.15, -0.1) is 0 Å². The van der Waals surface area contributed by atoms with Gasteiger partial charge in [0, 0.05) is 30.5 Å². The van der Waals surface area contributed by atoms with Crippen LogP contribution < -0.4 is 5.32 Å². The van der Waals surface area contributed by atoms with Crippen LogP contribution in [-0.4, -0.2) is 36.8 Å². The molecule has 2 rings (SSSR count). The van der Waals surface area contributed by atoms with Gasteiger partial charge in [0.1, 0.15) is 0 Å². The molecule has 1 aliphatic heterocycles. The highest BCUT2D eigenvalue weighted by atomic mass is 32.2. The molecule has 2 aliphatic rings. The topological polar surface area (TPSA) is 21.3 Å². The highest BCUT2D eigenvalue weighted by Crippen LogP contribution is 2.38. The molecule has 94 valence electrons. The lowest BCUT2D eigenvalue weighted by Crippen LogP contribution is -2.45. The van der Waals surface area contributed by atoms with Crippen LogP contribution in [0.5, 0.6) is 0 Å². The van der Waals surface area contributed by atoms with Gasteiger partial charge in [0.25, 0.3) is 0 Å². The normalized spacial score (nSPS) is 26.8. The molecular formula is C13H25NOS. The minimum atomic E-state index is 0.538. The van der Waals surface area contributed by atoms with Gasteiger partial charge in [-0.3, -0.25) is 0 Å². The van der Waals surface area contributed by atoms with Crippen LogP contribution in [0, 0.1) is 0 Å². The molecule has 1 saturated carbocycles. The summed E-state index contributed by atoms with van der Waals surface area (Å²) in [5.41, 5.74) is 0. The zero-order chi connectivity index (χ0) is 11.3. The van der Waals surface area contributed by atoms with Gasteiger partial charge in [-0.05, 0) is 31.9 Å². The van der Waals surface area contributed by atoms with E-state index >= 15 is 0 Å². The number of nitrogens with one attached hydrogen (secondary N) is 1. The van der Waals surface area contributed by atoms with Crippen LogP contribution in [0.3, 0.4) is 0 Å². The fraction of sp³-hybridized carbons (Fsp3) is 1.00. The molecule has 0 aromatic heterocycles. The van der Waals surface area contributed by atoms with E-state index in [1.165, 1.54) is 51.5 Å². The van der Waals surface area contributed by atoms with Crippen molar-refractivity contribution in [1.82, 2.24) is 5.32 Å². The Labute approximate surface area is 104 Å². The molecule has 0 amide bonds. The quantitative estimate of drug-likeness (QED) is 0.820. The van der Waals surface area contributed by atoms with Crippen molar-refractivity contribution in [2.75, 3.05) is 26.0 Å². The maximum absolute atomic E-state index is 5.40. The smallest absolute Gasteiger partial charge is 0.0480 e. The number of hydrogen-bond donors (Lipinski definition) is 1. The highest BCUT2D eigenvalue weighted by molar-refractivity contribution is 8.00. The minimum Gasteiger partial charge on any atom is -0.381 e. The molecule has 3 heteroatoms. The van der Waals surface area contributed by atoms with Crippen LogP contribution in [-0.2, 0) is 4.74 Å². The van der Waals surface area contributed by atoms with Crippen molar-refractivity contribution in [3.05, 3.63) is 0 Å². The predicted molar refractivity (Wildman–Crippen MR) is 71.2 cm³/mol. The van der Waals surface area contributed by atoms with Crippen molar-refractivity contribution in [3.8, 4) is 0 Å². The van der Waals surface area contributed by atoms with E-state index in [1.807, 2.05) is 0 Å². The molecule has 1 N–H and O–H groups in total. The Hall–Kier alpha value is 0.270. The second kappa shape index (κ2) is 6.27. The molecule has 0 aromatic carbocycles. The average molecular weight is 243 g/mol. The van der Waals surface area contributed by atoms with Gasteiger partial charge in [0.05, 0.1) is 0 Å². The monoisotopic (exact) mass is 243 g/mol. The molecule has 2 fully saturated rings. The number of rotatable bonds is 4. The first-order chi connectivity index (χ1) is 7.85. The van der Waals surface area contributed by atoms with Crippen molar-refractivity contribution < 1.29 is 4.74 Å². The zero-order valence-electron chi connectivity index (χ0n) is 10.5. The summed E-state index contributed by atoms with van der Waals surface area (Å²) in [6.07, 6.45) is 11.8. The summed E-state index contributed by atoms with van der Waals surface area (Å²) in [5, 5.41) is 3.78. The molecule has 0 spiro atoms. The molecule has 0 bridgehead atoms. The maximum Gasteiger partial charge on any atom is 0.0480 e. The molecule has 0 radical (unpaired) electrons. The molecule has 16 heavy (non-hydrogen) atoms. The summed E-state index contributed by atoms with van der Waals surface area (Å²) in [7, 11) is 0. The van der Waals surface area contributed by atoms with Crippen LogP contribution in [0.4, 0.5) is 0 Å². The van der Waals surface area contributed by atoms with Gasteiger partial charge in [0.2, 0.25) is 0 Å². The van der Waals surface area contributed by atoms with E-state index in [9.17, 15) is 0 Å². The number of thioether (sulfide) groups is 1. The molecule has 2 nitrogen and oxygen atoms in total. The summed E-state index contributed by atoms with van der Waals surface area (Å²) in [6.45, 7) is 3.10. The van der Waals surface area contributed by atoms with E-state index in [1.54, 1.807) is 0 Å². The van der Waals surface area contributed by atoms with Crippen LogP contribution in [0.2, 0.25) is 0 Å². The third-order valence-electron chi connectivity index (χ3n) is 4.13. The lowest BCUT2D eigenvalue weighted by atomic mass is 9.88. The van der Waals surface area contributed by atoms with Crippen LogP contribution in [0.1, 0.15) is 44.9 Å².